The van der Waals surface area contributed by atoms with Gasteiger partial charge in [-0.15, -0.1) is 0 Å². The lowest BCUT2D eigenvalue weighted by Crippen LogP contribution is -2.37. The van der Waals surface area contributed by atoms with Crippen LogP contribution in [0.15, 0.2) is 36.5 Å². The number of carbonyl (C=O) groups is 1. The number of aromatic nitrogens is 1. The van der Waals surface area contributed by atoms with Gasteiger partial charge in [0.1, 0.15) is 5.82 Å². The van der Waals surface area contributed by atoms with E-state index in [0.717, 1.165) is 19.3 Å². The van der Waals surface area contributed by atoms with Crippen molar-refractivity contribution in [3.63, 3.8) is 0 Å². The van der Waals surface area contributed by atoms with Crippen LogP contribution < -0.4 is 10.6 Å². The second-order valence-electron chi connectivity index (χ2n) is 5.67. The number of anilines is 1. The van der Waals surface area contributed by atoms with Crippen LogP contribution in [-0.2, 0) is 12.8 Å². The van der Waals surface area contributed by atoms with Gasteiger partial charge in [-0.1, -0.05) is 35.9 Å². The minimum atomic E-state index is -0.518. The highest BCUT2D eigenvalue weighted by Crippen LogP contribution is 2.30. The number of likely N-dealkylation sites (N-methyl/N-ethyl adjacent to an activating group) is 1. The lowest BCUT2D eigenvalue weighted by molar-refractivity contribution is 0.1000. The second-order valence-corrected chi connectivity index (χ2v) is 6.08. The van der Waals surface area contributed by atoms with Gasteiger partial charge in [-0.05, 0) is 36.5 Å². The molecule has 5 heteroatoms. The molecule has 2 aromatic rings. The molecule has 0 fully saturated rings. The molecule has 1 aliphatic carbocycles. The van der Waals surface area contributed by atoms with E-state index in [4.69, 9.17) is 17.3 Å². The molecule has 0 spiro atoms. The molecular weight excluding hydrogens is 298 g/mol. The Hall–Kier alpha value is -2.07. The Morgan fingerprint density at radius 1 is 1.36 bits per heavy atom. The third-order valence-corrected chi connectivity index (χ3v) is 4.59. The lowest BCUT2D eigenvalue weighted by Gasteiger charge is -2.33. The Morgan fingerprint density at radius 2 is 2.09 bits per heavy atom. The molecule has 2 N–H and O–H groups in total. The normalized spacial score (nSPS) is 16.9. The summed E-state index contributed by atoms with van der Waals surface area (Å²) in [5.41, 5.74) is 8.39. The number of pyridine rings is 1. The number of aryl methyl sites for hydroxylation is 1. The van der Waals surface area contributed by atoms with E-state index in [1.165, 1.54) is 17.3 Å². The number of hydrogen-bond donors (Lipinski definition) is 1. The standard InChI is InChI=1S/C17H18ClN3O/c1-21(17-15(18)9-13(10-20-17)16(19)22)14-7-6-11-4-2-3-5-12(11)8-14/h2-5,9-10,14H,6-8H2,1H3,(H2,19,22). The number of nitrogens with zero attached hydrogens (tertiary/aromatic N) is 2. The summed E-state index contributed by atoms with van der Waals surface area (Å²) in [6.07, 6.45) is 4.57. The molecule has 3 rings (SSSR count). The zero-order valence-electron chi connectivity index (χ0n) is 12.4. The largest absolute Gasteiger partial charge is 0.366 e. The smallest absolute Gasteiger partial charge is 0.250 e. The topological polar surface area (TPSA) is 59.2 Å². The van der Waals surface area contributed by atoms with E-state index in [-0.39, 0.29) is 0 Å². The van der Waals surface area contributed by atoms with Crippen LogP contribution in [0.2, 0.25) is 5.02 Å². The highest BCUT2D eigenvalue weighted by Gasteiger charge is 2.24. The summed E-state index contributed by atoms with van der Waals surface area (Å²) < 4.78 is 0. The highest BCUT2D eigenvalue weighted by atomic mass is 35.5. The zero-order valence-corrected chi connectivity index (χ0v) is 13.2. The Morgan fingerprint density at radius 3 is 2.77 bits per heavy atom. The predicted molar refractivity (Wildman–Crippen MR) is 88.4 cm³/mol. The van der Waals surface area contributed by atoms with E-state index < -0.39 is 5.91 Å². The first-order valence-electron chi connectivity index (χ1n) is 7.31. The molecule has 1 aromatic carbocycles. The number of rotatable bonds is 3. The zero-order chi connectivity index (χ0) is 15.7. The summed E-state index contributed by atoms with van der Waals surface area (Å²) in [4.78, 5) is 17.6. The first-order valence-corrected chi connectivity index (χ1v) is 7.69. The molecule has 1 amide bonds. The van der Waals surface area contributed by atoms with Crippen molar-refractivity contribution in [2.24, 2.45) is 5.73 Å². The number of hydrogen-bond acceptors (Lipinski definition) is 3. The number of halogens is 1. The number of benzene rings is 1. The molecule has 0 saturated heterocycles. The Balaban J connectivity index is 1.83. The first kappa shape index (κ1) is 14.9. The van der Waals surface area contributed by atoms with Crippen LogP contribution in [0, 0.1) is 0 Å². The van der Waals surface area contributed by atoms with Crippen LogP contribution in [0.25, 0.3) is 0 Å². The van der Waals surface area contributed by atoms with Crippen molar-refractivity contribution in [1.29, 1.82) is 0 Å². The van der Waals surface area contributed by atoms with Crippen LogP contribution >= 0.6 is 11.6 Å². The van der Waals surface area contributed by atoms with Crippen molar-refractivity contribution in [3.8, 4) is 0 Å². The summed E-state index contributed by atoms with van der Waals surface area (Å²) in [5.74, 6) is 0.172. The maximum Gasteiger partial charge on any atom is 0.250 e. The fourth-order valence-corrected chi connectivity index (χ4v) is 3.31. The van der Waals surface area contributed by atoms with Gasteiger partial charge in [-0.2, -0.15) is 0 Å². The number of fused-ring (bicyclic) bond motifs is 1. The van der Waals surface area contributed by atoms with Crippen LogP contribution in [0.3, 0.4) is 0 Å². The number of carbonyl (C=O) groups excluding carboxylic acids is 1. The van der Waals surface area contributed by atoms with Gasteiger partial charge in [0.15, 0.2) is 0 Å². The summed E-state index contributed by atoms with van der Waals surface area (Å²) >= 11 is 6.28. The first-order chi connectivity index (χ1) is 10.6. The third kappa shape index (κ3) is 2.79. The average molecular weight is 316 g/mol. The number of amides is 1. The van der Waals surface area contributed by atoms with Gasteiger partial charge in [0.05, 0.1) is 10.6 Å². The van der Waals surface area contributed by atoms with Crippen molar-refractivity contribution in [1.82, 2.24) is 4.98 Å². The maximum atomic E-state index is 11.2. The lowest BCUT2D eigenvalue weighted by atomic mass is 9.87. The average Bonchev–Trinajstić information content (AvgIpc) is 2.53. The molecule has 1 atom stereocenters. The summed E-state index contributed by atoms with van der Waals surface area (Å²) in [7, 11) is 2.00. The molecule has 4 nitrogen and oxygen atoms in total. The Labute approximate surface area is 134 Å². The van der Waals surface area contributed by atoms with Gasteiger partial charge in [0, 0.05) is 19.3 Å². The molecule has 0 aliphatic heterocycles. The highest BCUT2D eigenvalue weighted by molar-refractivity contribution is 6.33. The van der Waals surface area contributed by atoms with Crippen LogP contribution in [0.4, 0.5) is 5.82 Å². The van der Waals surface area contributed by atoms with E-state index in [0.29, 0.717) is 22.4 Å². The Bertz CT molecular complexity index is 717. The molecule has 1 unspecified atom stereocenters. The van der Waals surface area contributed by atoms with Gasteiger partial charge in [0.25, 0.3) is 0 Å². The van der Waals surface area contributed by atoms with E-state index >= 15 is 0 Å². The molecule has 1 aliphatic rings. The van der Waals surface area contributed by atoms with Crippen molar-refractivity contribution >= 4 is 23.3 Å². The SMILES string of the molecule is CN(c1ncc(C(N)=O)cc1Cl)C1CCc2ccccc2C1. The molecule has 1 heterocycles. The van der Waals surface area contributed by atoms with Gasteiger partial charge < -0.3 is 10.6 Å². The van der Waals surface area contributed by atoms with Crippen molar-refractivity contribution in [3.05, 3.63) is 58.2 Å². The van der Waals surface area contributed by atoms with E-state index in [2.05, 4.69) is 34.1 Å². The van der Waals surface area contributed by atoms with Gasteiger partial charge in [-0.25, -0.2) is 4.98 Å². The fraction of sp³-hybridized carbons (Fsp3) is 0.294. The molecular formula is C17H18ClN3O. The van der Waals surface area contributed by atoms with Gasteiger partial charge in [0.2, 0.25) is 5.91 Å². The minimum Gasteiger partial charge on any atom is -0.366 e. The van der Waals surface area contributed by atoms with Crippen LogP contribution in [0.1, 0.15) is 27.9 Å². The molecule has 1 aromatic heterocycles. The number of primary amides is 1. The minimum absolute atomic E-state index is 0.330. The van der Waals surface area contributed by atoms with Crippen molar-refractivity contribution < 1.29 is 4.79 Å². The molecule has 114 valence electrons. The van der Waals surface area contributed by atoms with Crippen molar-refractivity contribution in [2.75, 3.05) is 11.9 Å². The Kier molecular flexibility index (Phi) is 4.03. The number of nitrogens with two attached hydrogens (primary N) is 1. The van der Waals surface area contributed by atoms with Crippen LogP contribution in [-0.4, -0.2) is 24.0 Å². The predicted octanol–water partition coefficient (Wildman–Crippen LogP) is 2.83. The van der Waals surface area contributed by atoms with Crippen LogP contribution in [0.5, 0.6) is 0 Å². The van der Waals surface area contributed by atoms with E-state index in [1.807, 2.05) is 7.05 Å². The maximum absolute atomic E-state index is 11.2. The molecule has 0 radical (unpaired) electrons. The second kappa shape index (κ2) is 5.97. The third-order valence-electron chi connectivity index (χ3n) is 4.31. The van der Waals surface area contributed by atoms with Crippen molar-refractivity contribution in [2.45, 2.75) is 25.3 Å². The van der Waals surface area contributed by atoms with E-state index in [9.17, 15) is 4.79 Å². The molecule has 0 bridgehead atoms. The van der Waals surface area contributed by atoms with E-state index in [1.54, 1.807) is 6.07 Å². The monoisotopic (exact) mass is 315 g/mol. The summed E-state index contributed by atoms with van der Waals surface area (Å²) in [6, 6.07) is 10.5. The quantitative estimate of drug-likeness (QED) is 0.947. The summed E-state index contributed by atoms with van der Waals surface area (Å²) in [6.45, 7) is 0. The summed E-state index contributed by atoms with van der Waals surface area (Å²) in [5, 5.41) is 0.456. The fourth-order valence-electron chi connectivity index (χ4n) is 3.01. The van der Waals surface area contributed by atoms with Gasteiger partial charge in [-0.3, -0.25) is 4.79 Å². The van der Waals surface area contributed by atoms with Gasteiger partial charge >= 0.3 is 0 Å². The molecule has 0 saturated carbocycles. The molecule has 22 heavy (non-hydrogen) atoms.